The molecule has 1 fully saturated rings. The number of benzene rings is 1. The monoisotopic (exact) mass is 287 g/mol. The van der Waals surface area contributed by atoms with E-state index in [1.165, 1.54) is 10.8 Å². The summed E-state index contributed by atoms with van der Waals surface area (Å²) >= 11 is 0. The van der Waals surface area contributed by atoms with Crippen LogP contribution in [0.1, 0.15) is 12.8 Å². The van der Waals surface area contributed by atoms with E-state index in [0.29, 0.717) is 17.6 Å². The predicted octanol–water partition coefficient (Wildman–Crippen LogP) is 0.380. The van der Waals surface area contributed by atoms with Crippen LogP contribution in [-0.4, -0.2) is 44.7 Å². The Kier molecular flexibility index (Phi) is 3.70. The summed E-state index contributed by atoms with van der Waals surface area (Å²) < 4.78 is 1.44. The van der Waals surface area contributed by atoms with Gasteiger partial charge in [0.05, 0.1) is 29.9 Å². The van der Waals surface area contributed by atoms with Gasteiger partial charge >= 0.3 is 0 Å². The fourth-order valence-electron chi connectivity index (χ4n) is 2.86. The zero-order chi connectivity index (χ0) is 14.8. The fourth-order valence-corrected chi connectivity index (χ4v) is 2.86. The molecule has 0 bridgehead atoms. The van der Waals surface area contributed by atoms with E-state index in [2.05, 4.69) is 4.98 Å². The third-order valence-corrected chi connectivity index (χ3v) is 3.95. The Morgan fingerprint density at radius 2 is 2.19 bits per heavy atom. The number of aromatic nitrogens is 2. The summed E-state index contributed by atoms with van der Waals surface area (Å²) in [6, 6.07) is 7.12. The van der Waals surface area contributed by atoms with Gasteiger partial charge in [0.2, 0.25) is 5.91 Å². The molecule has 0 aliphatic carbocycles. The average molecular weight is 287 g/mol. The Hall–Kier alpha value is -2.21. The number of rotatable bonds is 3. The van der Waals surface area contributed by atoms with Crippen LogP contribution in [0.2, 0.25) is 0 Å². The van der Waals surface area contributed by atoms with E-state index in [1.54, 1.807) is 11.0 Å². The number of nitrogens with zero attached hydrogens (tertiary/aromatic N) is 3. The highest BCUT2D eigenvalue weighted by atomic mass is 16.3. The Bertz CT molecular complexity index is 725. The quantitative estimate of drug-likeness (QED) is 0.885. The molecule has 6 nitrogen and oxygen atoms in total. The van der Waals surface area contributed by atoms with Crippen molar-refractivity contribution in [2.75, 3.05) is 13.2 Å². The van der Waals surface area contributed by atoms with E-state index in [1.807, 2.05) is 18.2 Å². The molecule has 1 atom stereocenters. The van der Waals surface area contributed by atoms with Crippen molar-refractivity contribution in [1.29, 1.82) is 0 Å². The second-order valence-corrected chi connectivity index (χ2v) is 5.24. The summed E-state index contributed by atoms with van der Waals surface area (Å²) in [6.07, 6.45) is 2.94. The average Bonchev–Trinajstić information content (AvgIpc) is 2.98. The summed E-state index contributed by atoms with van der Waals surface area (Å²) in [4.78, 5) is 30.2. The normalized spacial score (nSPS) is 18.3. The molecule has 110 valence electrons. The molecule has 1 aromatic carbocycles. The first-order valence-electron chi connectivity index (χ1n) is 7.05. The van der Waals surface area contributed by atoms with Crippen LogP contribution in [-0.2, 0) is 11.3 Å². The van der Waals surface area contributed by atoms with E-state index in [-0.39, 0.29) is 30.7 Å². The first-order chi connectivity index (χ1) is 10.2. The molecule has 1 N–H and O–H groups in total. The van der Waals surface area contributed by atoms with Gasteiger partial charge in [-0.2, -0.15) is 0 Å². The summed E-state index contributed by atoms with van der Waals surface area (Å²) in [5.41, 5.74) is 1.05. The number of fused-ring (bicyclic) bond motifs is 1. The summed E-state index contributed by atoms with van der Waals surface area (Å²) in [6.45, 7) is 0.595. The Labute approximate surface area is 121 Å². The Morgan fingerprint density at radius 1 is 1.38 bits per heavy atom. The van der Waals surface area contributed by atoms with Crippen molar-refractivity contribution in [2.45, 2.75) is 25.4 Å². The van der Waals surface area contributed by atoms with Crippen LogP contribution in [0.4, 0.5) is 0 Å². The first-order valence-corrected chi connectivity index (χ1v) is 7.05. The lowest BCUT2D eigenvalue weighted by molar-refractivity contribution is -0.133. The van der Waals surface area contributed by atoms with E-state index in [0.717, 1.165) is 12.8 Å². The standard InChI is InChI=1S/C15H17N3O3/c19-10-11-4-3-7-17(11)15(21)9-18-13-6-2-1-5-12(13)16-8-14(18)20/h1-2,5-6,8,11,19H,3-4,7,9-10H2/t11-/m1/s1. The minimum absolute atomic E-state index is 0.0155. The third kappa shape index (κ3) is 2.54. The lowest BCUT2D eigenvalue weighted by Gasteiger charge is -2.23. The van der Waals surface area contributed by atoms with E-state index in [4.69, 9.17) is 0 Å². The van der Waals surface area contributed by atoms with Gasteiger partial charge in [-0.25, -0.2) is 4.98 Å². The lowest BCUT2D eigenvalue weighted by Crippen LogP contribution is -2.41. The highest BCUT2D eigenvalue weighted by Crippen LogP contribution is 2.17. The highest BCUT2D eigenvalue weighted by molar-refractivity contribution is 5.80. The number of hydrogen-bond donors (Lipinski definition) is 1. The molecule has 0 spiro atoms. The minimum atomic E-state index is -0.290. The second kappa shape index (κ2) is 5.65. The van der Waals surface area contributed by atoms with Crippen molar-refractivity contribution >= 4 is 16.9 Å². The van der Waals surface area contributed by atoms with Crippen molar-refractivity contribution in [3.8, 4) is 0 Å². The van der Waals surface area contributed by atoms with Gasteiger partial charge in [-0.05, 0) is 25.0 Å². The molecule has 2 heterocycles. The van der Waals surface area contributed by atoms with Crippen LogP contribution >= 0.6 is 0 Å². The van der Waals surface area contributed by atoms with Gasteiger partial charge in [0.25, 0.3) is 5.56 Å². The van der Waals surface area contributed by atoms with Crippen LogP contribution in [0.5, 0.6) is 0 Å². The molecule has 3 rings (SSSR count). The molecule has 2 aromatic rings. The van der Waals surface area contributed by atoms with E-state index < -0.39 is 0 Å². The van der Waals surface area contributed by atoms with Crippen molar-refractivity contribution in [3.05, 3.63) is 40.8 Å². The maximum atomic E-state index is 12.4. The van der Waals surface area contributed by atoms with Crippen LogP contribution in [0.3, 0.4) is 0 Å². The molecule has 1 aliphatic heterocycles. The van der Waals surface area contributed by atoms with Gasteiger partial charge in [0.1, 0.15) is 6.54 Å². The zero-order valence-electron chi connectivity index (χ0n) is 11.6. The van der Waals surface area contributed by atoms with Gasteiger partial charge in [-0.3, -0.25) is 14.2 Å². The topological polar surface area (TPSA) is 75.4 Å². The largest absolute Gasteiger partial charge is 0.394 e. The van der Waals surface area contributed by atoms with Crippen LogP contribution in [0.25, 0.3) is 11.0 Å². The molecule has 1 amide bonds. The SMILES string of the molecule is O=C(Cn1c(=O)cnc2ccccc21)N1CCC[C@@H]1CO. The number of likely N-dealkylation sites (tertiary alicyclic amines) is 1. The number of hydrogen-bond acceptors (Lipinski definition) is 4. The van der Waals surface area contributed by atoms with Gasteiger partial charge in [-0.1, -0.05) is 12.1 Å². The molecule has 1 aliphatic rings. The van der Waals surface area contributed by atoms with Gasteiger partial charge in [0.15, 0.2) is 0 Å². The lowest BCUT2D eigenvalue weighted by atomic mass is 10.2. The van der Waals surface area contributed by atoms with Gasteiger partial charge in [-0.15, -0.1) is 0 Å². The zero-order valence-corrected chi connectivity index (χ0v) is 11.6. The number of aliphatic hydroxyl groups is 1. The molecular weight excluding hydrogens is 270 g/mol. The highest BCUT2D eigenvalue weighted by Gasteiger charge is 2.28. The molecule has 0 radical (unpaired) electrons. The second-order valence-electron chi connectivity index (χ2n) is 5.24. The molecule has 21 heavy (non-hydrogen) atoms. The molecule has 0 saturated carbocycles. The summed E-state index contributed by atoms with van der Waals surface area (Å²) in [5.74, 6) is -0.134. The summed E-state index contributed by atoms with van der Waals surface area (Å²) in [7, 11) is 0. The van der Waals surface area contributed by atoms with Crippen molar-refractivity contribution in [1.82, 2.24) is 14.5 Å². The number of para-hydroxylation sites is 2. The molecule has 1 saturated heterocycles. The molecular formula is C15H17N3O3. The van der Waals surface area contributed by atoms with Crippen LogP contribution in [0, 0.1) is 0 Å². The smallest absolute Gasteiger partial charge is 0.269 e. The maximum Gasteiger partial charge on any atom is 0.269 e. The Morgan fingerprint density at radius 3 is 3.00 bits per heavy atom. The van der Waals surface area contributed by atoms with Crippen LogP contribution < -0.4 is 5.56 Å². The van der Waals surface area contributed by atoms with E-state index in [9.17, 15) is 14.7 Å². The Balaban J connectivity index is 1.93. The fraction of sp³-hybridized carbons (Fsp3) is 0.400. The van der Waals surface area contributed by atoms with Gasteiger partial charge < -0.3 is 10.0 Å². The van der Waals surface area contributed by atoms with Crippen molar-refractivity contribution in [3.63, 3.8) is 0 Å². The minimum Gasteiger partial charge on any atom is -0.394 e. The number of carbonyl (C=O) groups excluding carboxylic acids is 1. The number of amides is 1. The van der Waals surface area contributed by atoms with Crippen LogP contribution in [0.15, 0.2) is 35.3 Å². The third-order valence-electron chi connectivity index (χ3n) is 3.95. The molecule has 1 aromatic heterocycles. The first kappa shape index (κ1) is 13.8. The maximum absolute atomic E-state index is 12.4. The van der Waals surface area contributed by atoms with Crippen molar-refractivity contribution < 1.29 is 9.90 Å². The molecule has 0 unspecified atom stereocenters. The predicted molar refractivity (Wildman–Crippen MR) is 77.8 cm³/mol. The van der Waals surface area contributed by atoms with Crippen molar-refractivity contribution in [2.24, 2.45) is 0 Å². The van der Waals surface area contributed by atoms with E-state index >= 15 is 0 Å². The molecule has 6 heteroatoms. The summed E-state index contributed by atoms with van der Waals surface area (Å²) in [5, 5.41) is 9.31. The van der Waals surface area contributed by atoms with Gasteiger partial charge in [0, 0.05) is 6.54 Å². The number of carbonyl (C=O) groups is 1. The number of aliphatic hydroxyl groups excluding tert-OH is 1.